The molecule has 2 rings (SSSR count). The second-order valence-electron chi connectivity index (χ2n) is 4.82. The van der Waals surface area contributed by atoms with Gasteiger partial charge in [-0.1, -0.05) is 11.6 Å². The molecule has 0 atom stereocenters. The number of ether oxygens (including phenoxy) is 1. The maximum absolute atomic E-state index is 10.0. The van der Waals surface area contributed by atoms with Crippen molar-refractivity contribution in [3.05, 3.63) is 44.9 Å². The molecule has 102 valence electrons. The number of halogens is 1. The van der Waals surface area contributed by atoms with Gasteiger partial charge in [0.2, 0.25) is 0 Å². The van der Waals surface area contributed by atoms with Gasteiger partial charge >= 0.3 is 0 Å². The third-order valence-corrected chi connectivity index (χ3v) is 4.27. The van der Waals surface area contributed by atoms with Gasteiger partial charge in [-0.05, 0) is 45.0 Å². The smallest absolute Gasteiger partial charge is 0.140 e. The molecule has 0 saturated heterocycles. The van der Waals surface area contributed by atoms with Crippen molar-refractivity contribution >= 4 is 22.9 Å². The Bertz CT molecular complexity index is 558. The van der Waals surface area contributed by atoms with Crippen molar-refractivity contribution in [2.75, 3.05) is 0 Å². The third-order valence-electron chi connectivity index (χ3n) is 2.57. The summed E-state index contributed by atoms with van der Waals surface area (Å²) < 4.78 is 5.64. The first-order valence-corrected chi connectivity index (χ1v) is 7.13. The van der Waals surface area contributed by atoms with Gasteiger partial charge in [0.25, 0.3) is 0 Å². The highest BCUT2D eigenvalue weighted by Gasteiger charge is 2.22. The molecule has 0 aliphatic carbocycles. The summed E-state index contributed by atoms with van der Waals surface area (Å²) in [6, 6.07) is 7.21. The van der Waals surface area contributed by atoms with Gasteiger partial charge in [-0.3, -0.25) is 0 Å². The van der Waals surface area contributed by atoms with Crippen LogP contribution < -0.4 is 4.74 Å². The standard InChI is InChI=1S/C14H16ClNO2S/c1-9-13(14(2,3)17)19-12(16-9)8-18-11-6-4-10(15)5-7-11/h4-7,17H,8H2,1-3H3. The fraction of sp³-hybridized carbons (Fsp3) is 0.357. The van der Waals surface area contributed by atoms with Crippen LogP contribution in [0.15, 0.2) is 24.3 Å². The van der Waals surface area contributed by atoms with Crippen molar-refractivity contribution in [2.24, 2.45) is 0 Å². The number of hydrogen-bond acceptors (Lipinski definition) is 4. The van der Waals surface area contributed by atoms with Gasteiger partial charge in [0.05, 0.1) is 16.2 Å². The molecule has 0 radical (unpaired) electrons. The Labute approximate surface area is 121 Å². The number of aryl methyl sites for hydroxylation is 1. The van der Waals surface area contributed by atoms with Crippen molar-refractivity contribution in [1.29, 1.82) is 0 Å². The van der Waals surface area contributed by atoms with Crippen LogP contribution in [0.3, 0.4) is 0 Å². The summed E-state index contributed by atoms with van der Waals surface area (Å²) in [5.74, 6) is 0.752. The average molecular weight is 298 g/mol. The van der Waals surface area contributed by atoms with Crippen molar-refractivity contribution in [3.63, 3.8) is 0 Å². The summed E-state index contributed by atoms with van der Waals surface area (Å²) in [4.78, 5) is 5.29. The van der Waals surface area contributed by atoms with Crippen LogP contribution in [0.5, 0.6) is 5.75 Å². The van der Waals surface area contributed by atoms with Crippen LogP contribution in [-0.2, 0) is 12.2 Å². The molecule has 0 fully saturated rings. The molecule has 0 spiro atoms. The summed E-state index contributed by atoms with van der Waals surface area (Å²) in [5, 5.41) is 11.5. The Hall–Kier alpha value is -1.10. The number of hydrogen-bond donors (Lipinski definition) is 1. The topological polar surface area (TPSA) is 42.4 Å². The normalized spacial score (nSPS) is 11.6. The van der Waals surface area contributed by atoms with E-state index in [1.54, 1.807) is 26.0 Å². The van der Waals surface area contributed by atoms with Crippen molar-refractivity contribution in [1.82, 2.24) is 4.98 Å². The SMILES string of the molecule is Cc1nc(COc2ccc(Cl)cc2)sc1C(C)(C)O. The number of rotatable bonds is 4. The van der Waals surface area contributed by atoms with Crippen LogP contribution in [0.1, 0.15) is 29.4 Å². The van der Waals surface area contributed by atoms with E-state index < -0.39 is 5.60 Å². The van der Waals surface area contributed by atoms with E-state index in [1.807, 2.05) is 19.1 Å². The second-order valence-corrected chi connectivity index (χ2v) is 6.34. The van der Waals surface area contributed by atoms with E-state index >= 15 is 0 Å². The quantitative estimate of drug-likeness (QED) is 0.930. The van der Waals surface area contributed by atoms with E-state index in [0.717, 1.165) is 21.3 Å². The second kappa shape index (κ2) is 5.49. The molecule has 0 unspecified atom stereocenters. The maximum Gasteiger partial charge on any atom is 0.140 e. The molecule has 19 heavy (non-hydrogen) atoms. The minimum Gasteiger partial charge on any atom is -0.486 e. The highest BCUT2D eigenvalue weighted by Crippen LogP contribution is 2.30. The number of benzene rings is 1. The zero-order valence-corrected chi connectivity index (χ0v) is 12.7. The first-order chi connectivity index (χ1) is 8.86. The Kier molecular flexibility index (Phi) is 4.13. The molecule has 1 aromatic heterocycles. The average Bonchev–Trinajstić information content (AvgIpc) is 2.70. The molecule has 5 heteroatoms. The summed E-state index contributed by atoms with van der Waals surface area (Å²) in [6.07, 6.45) is 0. The minimum atomic E-state index is -0.861. The summed E-state index contributed by atoms with van der Waals surface area (Å²) in [5.41, 5.74) is -0.00695. The van der Waals surface area contributed by atoms with Crippen LogP contribution in [0.2, 0.25) is 5.02 Å². The molecular weight excluding hydrogens is 282 g/mol. The molecule has 0 aliphatic heterocycles. The van der Waals surface area contributed by atoms with Crippen molar-refractivity contribution in [3.8, 4) is 5.75 Å². The Morgan fingerprint density at radius 2 is 1.95 bits per heavy atom. The fourth-order valence-corrected chi connectivity index (χ4v) is 2.86. The van der Waals surface area contributed by atoms with Crippen molar-refractivity contribution < 1.29 is 9.84 Å². The summed E-state index contributed by atoms with van der Waals surface area (Å²) in [7, 11) is 0. The summed E-state index contributed by atoms with van der Waals surface area (Å²) >= 11 is 7.29. The van der Waals surface area contributed by atoms with Gasteiger partial charge < -0.3 is 9.84 Å². The maximum atomic E-state index is 10.0. The van der Waals surface area contributed by atoms with E-state index in [9.17, 15) is 5.11 Å². The number of nitrogens with zero attached hydrogens (tertiary/aromatic N) is 1. The third kappa shape index (κ3) is 3.69. The lowest BCUT2D eigenvalue weighted by atomic mass is 10.1. The molecule has 1 heterocycles. The van der Waals surface area contributed by atoms with E-state index in [0.29, 0.717) is 11.6 Å². The molecule has 2 aromatic rings. The Balaban J connectivity index is 2.06. The lowest BCUT2D eigenvalue weighted by molar-refractivity contribution is 0.0817. The molecule has 0 aliphatic rings. The molecule has 0 amide bonds. The molecule has 0 saturated carbocycles. The highest BCUT2D eigenvalue weighted by atomic mass is 35.5. The van der Waals surface area contributed by atoms with Crippen LogP contribution >= 0.6 is 22.9 Å². The zero-order chi connectivity index (χ0) is 14.0. The highest BCUT2D eigenvalue weighted by molar-refractivity contribution is 7.11. The fourth-order valence-electron chi connectivity index (χ4n) is 1.76. The molecule has 3 nitrogen and oxygen atoms in total. The minimum absolute atomic E-state index is 0.392. The predicted molar refractivity (Wildman–Crippen MR) is 77.9 cm³/mol. The van der Waals surface area contributed by atoms with E-state index in [1.165, 1.54) is 11.3 Å². The predicted octanol–water partition coefficient (Wildman–Crippen LogP) is 3.91. The Morgan fingerprint density at radius 3 is 2.47 bits per heavy atom. The van der Waals surface area contributed by atoms with E-state index in [2.05, 4.69) is 4.98 Å². The van der Waals surface area contributed by atoms with Gasteiger partial charge in [-0.15, -0.1) is 11.3 Å². The number of aliphatic hydroxyl groups is 1. The Morgan fingerprint density at radius 1 is 1.32 bits per heavy atom. The van der Waals surface area contributed by atoms with Crippen molar-refractivity contribution in [2.45, 2.75) is 33.0 Å². The molecule has 1 aromatic carbocycles. The van der Waals surface area contributed by atoms with Crippen LogP contribution in [0.4, 0.5) is 0 Å². The van der Waals surface area contributed by atoms with Gasteiger partial charge in [0.15, 0.2) is 0 Å². The van der Waals surface area contributed by atoms with Crippen LogP contribution in [0.25, 0.3) is 0 Å². The van der Waals surface area contributed by atoms with E-state index in [-0.39, 0.29) is 0 Å². The van der Waals surface area contributed by atoms with Gasteiger partial charge in [-0.25, -0.2) is 4.98 Å². The number of thiazole rings is 1. The van der Waals surface area contributed by atoms with Gasteiger partial charge in [-0.2, -0.15) is 0 Å². The first-order valence-electron chi connectivity index (χ1n) is 5.94. The largest absolute Gasteiger partial charge is 0.486 e. The van der Waals surface area contributed by atoms with Crippen LogP contribution in [0, 0.1) is 6.92 Å². The number of aromatic nitrogens is 1. The first kappa shape index (κ1) is 14.3. The monoisotopic (exact) mass is 297 g/mol. The molecule has 0 bridgehead atoms. The zero-order valence-electron chi connectivity index (χ0n) is 11.1. The van der Waals surface area contributed by atoms with E-state index in [4.69, 9.17) is 16.3 Å². The van der Waals surface area contributed by atoms with Crippen LogP contribution in [-0.4, -0.2) is 10.1 Å². The lowest BCUT2D eigenvalue weighted by Crippen LogP contribution is -2.14. The summed E-state index contributed by atoms with van der Waals surface area (Å²) in [6.45, 7) is 5.81. The molecular formula is C14H16ClNO2S. The lowest BCUT2D eigenvalue weighted by Gasteiger charge is -2.14. The van der Waals surface area contributed by atoms with Gasteiger partial charge in [0, 0.05) is 5.02 Å². The molecule has 1 N–H and O–H groups in total. The van der Waals surface area contributed by atoms with Gasteiger partial charge in [0.1, 0.15) is 17.4 Å².